The summed E-state index contributed by atoms with van der Waals surface area (Å²) in [6, 6.07) is 5.57. The predicted octanol–water partition coefficient (Wildman–Crippen LogP) is 2.67. The van der Waals surface area contributed by atoms with Gasteiger partial charge in [-0.05, 0) is 12.2 Å². The molecule has 1 aromatic heterocycles. The fourth-order valence-corrected chi connectivity index (χ4v) is 1.59. The van der Waals surface area contributed by atoms with Crippen LogP contribution in [0.2, 0.25) is 0 Å². The molecular weight excluding hydrogens is 292 g/mol. The maximum absolute atomic E-state index is 12.6. The standard InChI is InChI=1S/C10H7F2N5O2S/c11-8(12)9-14-15-10(20)16(9)13-5-6-2-1-3-7(4-6)17(18)19/h1-5,8H,(H,15,20)/b13-5+. The van der Waals surface area contributed by atoms with Gasteiger partial charge in [0.1, 0.15) is 0 Å². The number of rotatable bonds is 4. The minimum Gasteiger partial charge on any atom is -0.258 e. The van der Waals surface area contributed by atoms with Gasteiger partial charge in [0.15, 0.2) is 0 Å². The monoisotopic (exact) mass is 299 g/mol. The van der Waals surface area contributed by atoms with Gasteiger partial charge in [-0.15, -0.1) is 0 Å². The molecule has 0 atom stereocenters. The van der Waals surface area contributed by atoms with E-state index in [1.807, 2.05) is 0 Å². The molecule has 20 heavy (non-hydrogen) atoms. The number of non-ortho nitro benzene ring substituents is 1. The molecule has 7 nitrogen and oxygen atoms in total. The van der Waals surface area contributed by atoms with E-state index in [0.717, 1.165) is 4.68 Å². The molecule has 0 aliphatic rings. The highest BCUT2D eigenvalue weighted by atomic mass is 32.1. The highest BCUT2D eigenvalue weighted by Gasteiger charge is 2.16. The molecule has 0 aliphatic heterocycles. The Bertz CT molecular complexity index is 724. The first-order valence-electron chi connectivity index (χ1n) is 5.23. The molecule has 0 aliphatic carbocycles. The Morgan fingerprint density at radius 1 is 1.55 bits per heavy atom. The quantitative estimate of drug-likeness (QED) is 0.407. The maximum atomic E-state index is 12.6. The predicted molar refractivity (Wildman–Crippen MR) is 68.5 cm³/mol. The minimum absolute atomic E-state index is 0.0954. The van der Waals surface area contributed by atoms with Crippen LogP contribution in [0, 0.1) is 14.9 Å². The van der Waals surface area contributed by atoms with Crippen LogP contribution in [-0.4, -0.2) is 26.0 Å². The number of aromatic amines is 1. The number of hydrogen-bond acceptors (Lipinski definition) is 5. The van der Waals surface area contributed by atoms with Gasteiger partial charge in [-0.2, -0.15) is 14.9 Å². The molecule has 0 radical (unpaired) electrons. The molecule has 104 valence electrons. The van der Waals surface area contributed by atoms with Gasteiger partial charge < -0.3 is 0 Å². The summed E-state index contributed by atoms with van der Waals surface area (Å²) in [6.45, 7) is 0. The van der Waals surface area contributed by atoms with Gasteiger partial charge in [0.05, 0.1) is 11.1 Å². The average molecular weight is 299 g/mol. The number of alkyl halides is 2. The second kappa shape index (κ2) is 5.65. The van der Waals surface area contributed by atoms with Gasteiger partial charge in [0, 0.05) is 17.7 Å². The van der Waals surface area contributed by atoms with Gasteiger partial charge in [-0.25, -0.2) is 13.9 Å². The molecule has 1 aromatic carbocycles. The van der Waals surface area contributed by atoms with Crippen LogP contribution in [0.1, 0.15) is 17.8 Å². The lowest BCUT2D eigenvalue weighted by molar-refractivity contribution is -0.384. The third-order valence-electron chi connectivity index (χ3n) is 2.27. The highest BCUT2D eigenvalue weighted by molar-refractivity contribution is 7.71. The number of halogens is 2. The second-order valence-electron chi connectivity index (χ2n) is 3.60. The number of nitro groups is 1. The first-order chi connectivity index (χ1) is 9.49. The number of aromatic nitrogens is 3. The lowest BCUT2D eigenvalue weighted by Gasteiger charge is -1.98. The Labute approximate surface area is 115 Å². The van der Waals surface area contributed by atoms with Crippen molar-refractivity contribution >= 4 is 24.1 Å². The molecule has 2 rings (SSSR count). The number of benzene rings is 1. The normalized spacial score (nSPS) is 11.3. The third kappa shape index (κ3) is 2.91. The fraction of sp³-hybridized carbons (Fsp3) is 0.100. The van der Waals surface area contributed by atoms with E-state index in [9.17, 15) is 18.9 Å². The van der Waals surface area contributed by atoms with Crippen molar-refractivity contribution < 1.29 is 13.7 Å². The molecule has 0 bridgehead atoms. The summed E-state index contributed by atoms with van der Waals surface area (Å²) >= 11 is 4.76. The van der Waals surface area contributed by atoms with E-state index in [2.05, 4.69) is 15.3 Å². The summed E-state index contributed by atoms with van der Waals surface area (Å²) in [5, 5.41) is 19.9. The van der Waals surface area contributed by atoms with Crippen molar-refractivity contribution in [2.24, 2.45) is 5.10 Å². The van der Waals surface area contributed by atoms with Crippen molar-refractivity contribution in [2.45, 2.75) is 6.43 Å². The van der Waals surface area contributed by atoms with Crippen LogP contribution in [0.15, 0.2) is 29.4 Å². The van der Waals surface area contributed by atoms with Crippen LogP contribution in [0.25, 0.3) is 0 Å². The zero-order valence-corrected chi connectivity index (χ0v) is 10.6. The molecule has 0 saturated carbocycles. The molecular formula is C10H7F2N5O2S. The van der Waals surface area contributed by atoms with E-state index in [1.165, 1.54) is 24.4 Å². The third-order valence-corrected chi connectivity index (χ3v) is 2.54. The van der Waals surface area contributed by atoms with Crippen LogP contribution in [0.5, 0.6) is 0 Å². The summed E-state index contributed by atoms with van der Waals surface area (Å²) < 4.78 is 25.9. The molecule has 1 heterocycles. The smallest absolute Gasteiger partial charge is 0.258 e. The molecule has 0 amide bonds. The molecule has 0 unspecified atom stereocenters. The average Bonchev–Trinajstić information content (AvgIpc) is 2.78. The van der Waals surface area contributed by atoms with E-state index < -0.39 is 17.2 Å². The molecule has 1 N–H and O–H groups in total. The van der Waals surface area contributed by atoms with Crippen LogP contribution < -0.4 is 0 Å². The van der Waals surface area contributed by atoms with Crippen LogP contribution in [-0.2, 0) is 0 Å². The molecule has 2 aromatic rings. The Kier molecular flexibility index (Phi) is 3.94. The SMILES string of the molecule is O=[N+]([O-])c1cccc(/C=N/n2c(C(F)F)n[nH]c2=S)c1. The number of nitrogens with one attached hydrogen (secondary N) is 1. The number of nitrogens with zero attached hydrogens (tertiary/aromatic N) is 4. The van der Waals surface area contributed by atoms with E-state index in [-0.39, 0.29) is 10.5 Å². The summed E-state index contributed by atoms with van der Waals surface area (Å²) in [4.78, 5) is 10.0. The first-order valence-corrected chi connectivity index (χ1v) is 5.64. The zero-order chi connectivity index (χ0) is 14.7. The first kappa shape index (κ1) is 13.9. The summed E-state index contributed by atoms with van der Waals surface area (Å²) in [7, 11) is 0. The van der Waals surface area contributed by atoms with Gasteiger partial charge in [0.2, 0.25) is 10.6 Å². The second-order valence-corrected chi connectivity index (χ2v) is 3.98. The van der Waals surface area contributed by atoms with Gasteiger partial charge in [0.25, 0.3) is 12.1 Å². The van der Waals surface area contributed by atoms with Crippen molar-refractivity contribution in [1.82, 2.24) is 14.9 Å². The molecule has 0 fully saturated rings. The highest BCUT2D eigenvalue weighted by Crippen LogP contribution is 2.16. The molecule has 0 saturated heterocycles. The van der Waals surface area contributed by atoms with Crippen molar-refractivity contribution in [1.29, 1.82) is 0 Å². The Morgan fingerprint density at radius 2 is 2.30 bits per heavy atom. The summed E-state index contributed by atoms with van der Waals surface area (Å²) in [5.41, 5.74) is 0.251. The number of hydrogen-bond donors (Lipinski definition) is 1. The van der Waals surface area contributed by atoms with Crippen molar-refractivity contribution in [3.05, 3.63) is 50.5 Å². The minimum atomic E-state index is -2.84. The van der Waals surface area contributed by atoms with E-state index in [4.69, 9.17) is 12.2 Å². The van der Waals surface area contributed by atoms with Crippen molar-refractivity contribution in [3.63, 3.8) is 0 Å². The maximum Gasteiger partial charge on any atom is 0.299 e. The lowest BCUT2D eigenvalue weighted by Crippen LogP contribution is -1.99. The fourth-order valence-electron chi connectivity index (χ4n) is 1.40. The number of H-pyrrole nitrogens is 1. The Morgan fingerprint density at radius 3 is 2.95 bits per heavy atom. The van der Waals surface area contributed by atoms with E-state index in [1.54, 1.807) is 6.07 Å². The van der Waals surface area contributed by atoms with E-state index in [0.29, 0.717) is 5.56 Å². The van der Waals surface area contributed by atoms with Crippen LogP contribution in [0.4, 0.5) is 14.5 Å². The van der Waals surface area contributed by atoms with Gasteiger partial charge in [-0.1, -0.05) is 12.1 Å². The Hall–Kier alpha value is -2.49. The number of nitro benzene ring substituents is 1. The molecule has 0 spiro atoms. The Balaban J connectivity index is 2.35. The van der Waals surface area contributed by atoms with Gasteiger partial charge in [-0.3, -0.25) is 10.1 Å². The van der Waals surface area contributed by atoms with Crippen molar-refractivity contribution in [3.8, 4) is 0 Å². The zero-order valence-electron chi connectivity index (χ0n) is 9.73. The summed E-state index contributed by atoms with van der Waals surface area (Å²) in [6.07, 6.45) is -1.66. The largest absolute Gasteiger partial charge is 0.299 e. The van der Waals surface area contributed by atoms with Gasteiger partial charge >= 0.3 is 0 Å². The van der Waals surface area contributed by atoms with Crippen molar-refractivity contribution in [2.75, 3.05) is 0 Å². The van der Waals surface area contributed by atoms with E-state index >= 15 is 0 Å². The lowest BCUT2D eigenvalue weighted by atomic mass is 10.2. The topological polar surface area (TPSA) is 89.1 Å². The van der Waals surface area contributed by atoms with Crippen LogP contribution in [0.3, 0.4) is 0 Å². The van der Waals surface area contributed by atoms with Crippen LogP contribution >= 0.6 is 12.2 Å². The molecule has 10 heteroatoms. The summed E-state index contributed by atoms with van der Waals surface area (Å²) in [5.74, 6) is -0.628.